The van der Waals surface area contributed by atoms with Crippen LogP contribution in [-0.2, 0) is 12.8 Å². The number of rotatable bonds is 5. The number of nitrogens with one attached hydrogen (secondary N) is 1. The standard InChI is InChI=1S/C17H22N2/c1-3-13-5-9-15(10-6-13)17(19-18)16-11-7-14(4-2)8-12-16/h5-12,17,19H,3-4,18H2,1-2H3. The van der Waals surface area contributed by atoms with E-state index in [9.17, 15) is 0 Å². The molecule has 0 fully saturated rings. The molecule has 0 saturated carbocycles. The van der Waals surface area contributed by atoms with Gasteiger partial charge in [-0.05, 0) is 35.1 Å². The van der Waals surface area contributed by atoms with E-state index in [-0.39, 0.29) is 6.04 Å². The lowest BCUT2D eigenvalue weighted by molar-refractivity contribution is 0.636. The molecule has 0 bridgehead atoms. The summed E-state index contributed by atoms with van der Waals surface area (Å²) in [5, 5.41) is 0. The fourth-order valence-electron chi connectivity index (χ4n) is 2.28. The zero-order valence-electron chi connectivity index (χ0n) is 11.7. The van der Waals surface area contributed by atoms with Gasteiger partial charge in [-0.25, -0.2) is 5.43 Å². The van der Waals surface area contributed by atoms with Crippen molar-refractivity contribution < 1.29 is 0 Å². The second kappa shape index (κ2) is 6.50. The van der Waals surface area contributed by atoms with E-state index in [1.54, 1.807) is 0 Å². The van der Waals surface area contributed by atoms with Crippen molar-refractivity contribution >= 4 is 0 Å². The minimum absolute atomic E-state index is 0.0526. The molecule has 0 aromatic heterocycles. The lowest BCUT2D eigenvalue weighted by Crippen LogP contribution is -2.28. The molecule has 100 valence electrons. The Morgan fingerprint density at radius 1 is 0.789 bits per heavy atom. The van der Waals surface area contributed by atoms with E-state index in [1.165, 1.54) is 22.3 Å². The summed E-state index contributed by atoms with van der Waals surface area (Å²) in [6.07, 6.45) is 2.12. The minimum Gasteiger partial charge on any atom is -0.271 e. The zero-order valence-corrected chi connectivity index (χ0v) is 11.7. The van der Waals surface area contributed by atoms with E-state index >= 15 is 0 Å². The molecule has 0 atom stereocenters. The quantitative estimate of drug-likeness (QED) is 0.634. The molecule has 0 heterocycles. The number of hydrogen-bond acceptors (Lipinski definition) is 2. The molecule has 0 radical (unpaired) electrons. The van der Waals surface area contributed by atoms with Gasteiger partial charge in [0.1, 0.15) is 0 Å². The van der Waals surface area contributed by atoms with Gasteiger partial charge in [-0.2, -0.15) is 0 Å². The summed E-state index contributed by atoms with van der Waals surface area (Å²) in [5.74, 6) is 5.73. The van der Waals surface area contributed by atoms with Crippen molar-refractivity contribution in [2.45, 2.75) is 32.7 Å². The molecule has 0 aliphatic heterocycles. The fraction of sp³-hybridized carbons (Fsp3) is 0.294. The topological polar surface area (TPSA) is 38.0 Å². The summed E-state index contributed by atoms with van der Waals surface area (Å²) in [7, 11) is 0. The van der Waals surface area contributed by atoms with Gasteiger partial charge >= 0.3 is 0 Å². The molecule has 2 aromatic carbocycles. The Balaban J connectivity index is 2.26. The highest BCUT2D eigenvalue weighted by Crippen LogP contribution is 2.22. The molecule has 2 aromatic rings. The van der Waals surface area contributed by atoms with Gasteiger partial charge in [0.15, 0.2) is 0 Å². The van der Waals surface area contributed by atoms with Crippen LogP contribution >= 0.6 is 0 Å². The van der Waals surface area contributed by atoms with Crippen LogP contribution in [0.4, 0.5) is 0 Å². The van der Waals surface area contributed by atoms with Gasteiger partial charge in [-0.3, -0.25) is 5.84 Å². The highest BCUT2D eigenvalue weighted by molar-refractivity contribution is 5.34. The minimum atomic E-state index is 0.0526. The molecular formula is C17H22N2. The predicted octanol–water partition coefficient (Wildman–Crippen LogP) is 3.36. The van der Waals surface area contributed by atoms with E-state index in [1.807, 2.05) is 0 Å². The first kappa shape index (κ1) is 13.8. The van der Waals surface area contributed by atoms with Crippen LogP contribution in [0.15, 0.2) is 48.5 Å². The molecule has 0 saturated heterocycles. The number of aryl methyl sites for hydroxylation is 2. The maximum absolute atomic E-state index is 5.73. The number of hydrazine groups is 1. The van der Waals surface area contributed by atoms with Crippen LogP contribution in [0.1, 0.15) is 42.1 Å². The van der Waals surface area contributed by atoms with E-state index in [0.717, 1.165) is 12.8 Å². The third kappa shape index (κ3) is 3.22. The SMILES string of the molecule is CCc1ccc(C(NN)c2ccc(CC)cc2)cc1. The van der Waals surface area contributed by atoms with E-state index < -0.39 is 0 Å². The predicted molar refractivity (Wildman–Crippen MR) is 80.8 cm³/mol. The molecule has 2 nitrogen and oxygen atoms in total. The van der Waals surface area contributed by atoms with Crippen LogP contribution < -0.4 is 11.3 Å². The van der Waals surface area contributed by atoms with Gasteiger partial charge in [0.2, 0.25) is 0 Å². The van der Waals surface area contributed by atoms with Gasteiger partial charge in [0.25, 0.3) is 0 Å². The molecule has 0 aliphatic carbocycles. The van der Waals surface area contributed by atoms with Crippen molar-refractivity contribution in [1.29, 1.82) is 0 Å². The molecular weight excluding hydrogens is 232 g/mol. The van der Waals surface area contributed by atoms with E-state index in [0.29, 0.717) is 0 Å². The monoisotopic (exact) mass is 254 g/mol. The summed E-state index contributed by atoms with van der Waals surface area (Å²) in [6.45, 7) is 4.33. The molecule has 2 rings (SSSR count). The molecule has 0 unspecified atom stereocenters. The van der Waals surface area contributed by atoms with Gasteiger partial charge in [0, 0.05) is 0 Å². The van der Waals surface area contributed by atoms with Gasteiger partial charge in [-0.15, -0.1) is 0 Å². The Kier molecular flexibility index (Phi) is 4.72. The van der Waals surface area contributed by atoms with Crippen molar-refractivity contribution in [3.8, 4) is 0 Å². The summed E-state index contributed by atoms with van der Waals surface area (Å²) < 4.78 is 0. The largest absolute Gasteiger partial charge is 0.271 e. The zero-order chi connectivity index (χ0) is 13.7. The first-order chi connectivity index (χ1) is 9.28. The lowest BCUT2D eigenvalue weighted by atomic mass is 9.97. The molecule has 2 heteroatoms. The van der Waals surface area contributed by atoms with Crippen LogP contribution in [0.2, 0.25) is 0 Å². The maximum Gasteiger partial charge on any atom is 0.0710 e. The number of benzene rings is 2. The van der Waals surface area contributed by atoms with Crippen LogP contribution in [0, 0.1) is 0 Å². The van der Waals surface area contributed by atoms with Crippen molar-refractivity contribution in [3.63, 3.8) is 0 Å². The second-order valence-electron chi connectivity index (χ2n) is 4.79. The second-order valence-corrected chi connectivity index (χ2v) is 4.79. The summed E-state index contributed by atoms with van der Waals surface area (Å²) in [5.41, 5.74) is 8.00. The molecule has 19 heavy (non-hydrogen) atoms. The van der Waals surface area contributed by atoms with Crippen molar-refractivity contribution in [3.05, 3.63) is 70.8 Å². The van der Waals surface area contributed by atoms with Crippen LogP contribution in [0.25, 0.3) is 0 Å². The lowest BCUT2D eigenvalue weighted by Gasteiger charge is -2.17. The molecule has 3 N–H and O–H groups in total. The maximum atomic E-state index is 5.73. The molecule has 0 aliphatic rings. The van der Waals surface area contributed by atoms with Gasteiger partial charge in [-0.1, -0.05) is 62.4 Å². The number of hydrogen-bond donors (Lipinski definition) is 2. The van der Waals surface area contributed by atoms with Crippen molar-refractivity contribution in [1.82, 2.24) is 5.43 Å². The summed E-state index contributed by atoms with van der Waals surface area (Å²) in [6, 6.07) is 17.3. The highest BCUT2D eigenvalue weighted by atomic mass is 15.2. The van der Waals surface area contributed by atoms with Crippen molar-refractivity contribution in [2.75, 3.05) is 0 Å². The fourth-order valence-corrected chi connectivity index (χ4v) is 2.28. The van der Waals surface area contributed by atoms with Crippen LogP contribution in [0.3, 0.4) is 0 Å². The van der Waals surface area contributed by atoms with Crippen LogP contribution in [-0.4, -0.2) is 0 Å². The van der Waals surface area contributed by atoms with Gasteiger partial charge < -0.3 is 0 Å². The Hall–Kier alpha value is -1.64. The average molecular weight is 254 g/mol. The first-order valence-electron chi connectivity index (χ1n) is 6.92. The Morgan fingerprint density at radius 3 is 1.42 bits per heavy atom. The molecule has 0 spiro atoms. The third-order valence-corrected chi connectivity index (χ3v) is 3.61. The van der Waals surface area contributed by atoms with E-state index in [2.05, 4.69) is 67.8 Å². The van der Waals surface area contributed by atoms with Gasteiger partial charge in [0.05, 0.1) is 6.04 Å². The highest BCUT2D eigenvalue weighted by Gasteiger charge is 2.11. The Morgan fingerprint density at radius 2 is 1.16 bits per heavy atom. The summed E-state index contributed by atoms with van der Waals surface area (Å²) in [4.78, 5) is 0. The smallest absolute Gasteiger partial charge is 0.0710 e. The Bertz CT molecular complexity index is 452. The number of nitrogens with two attached hydrogens (primary N) is 1. The van der Waals surface area contributed by atoms with E-state index in [4.69, 9.17) is 5.84 Å². The average Bonchev–Trinajstić information content (AvgIpc) is 2.49. The van der Waals surface area contributed by atoms with Crippen LogP contribution in [0.5, 0.6) is 0 Å². The molecule has 0 amide bonds. The van der Waals surface area contributed by atoms with Crippen molar-refractivity contribution in [2.24, 2.45) is 5.84 Å². The normalized spacial score (nSPS) is 10.9. The Labute approximate surface area is 115 Å². The summed E-state index contributed by atoms with van der Waals surface area (Å²) >= 11 is 0. The first-order valence-corrected chi connectivity index (χ1v) is 6.92. The third-order valence-electron chi connectivity index (χ3n) is 3.61.